The highest BCUT2D eigenvalue weighted by Gasteiger charge is 2.71. The minimum absolute atomic E-state index is 0.0888. The molecule has 5 rings (SSSR count). The summed E-state index contributed by atoms with van der Waals surface area (Å²) in [7, 11) is 0. The predicted octanol–water partition coefficient (Wildman–Crippen LogP) is 4.15. The predicted molar refractivity (Wildman–Crippen MR) is 137 cm³/mol. The van der Waals surface area contributed by atoms with Crippen LogP contribution < -0.4 is 0 Å². The van der Waals surface area contributed by atoms with Gasteiger partial charge in [-0.05, 0) is 84.9 Å². The fraction of sp³-hybridized carbons (Fsp3) is 0.900. The molecule has 204 valence electrons. The van der Waals surface area contributed by atoms with Gasteiger partial charge in [-0.3, -0.25) is 4.79 Å². The van der Waals surface area contributed by atoms with Gasteiger partial charge in [-0.2, -0.15) is 0 Å². The molecule has 0 aromatic rings. The van der Waals surface area contributed by atoms with E-state index in [9.17, 15) is 30.3 Å². The molecule has 0 radical (unpaired) electrons. The number of fused-ring (bicyclic) bond motifs is 7. The molecule has 5 N–H and O–H groups in total. The number of hydrogen-bond donors (Lipinski definition) is 5. The Labute approximate surface area is 216 Å². The van der Waals surface area contributed by atoms with Crippen LogP contribution in [0.4, 0.5) is 0 Å². The van der Waals surface area contributed by atoms with Gasteiger partial charge in [0.2, 0.25) is 0 Å². The van der Waals surface area contributed by atoms with Gasteiger partial charge in [0.1, 0.15) is 0 Å². The molecule has 0 unspecified atom stereocenters. The summed E-state index contributed by atoms with van der Waals surface area (Å²) in [6, 6.07) is 0. The van der Waals surface area contributed by atoms with Crippen LogP contribution in [-0.2, 0) is 4.79 Å². The fourth-order valence-electron chi connectivity index (χ4n) is 10.8. The molecule has 0 aliphatic heterocycles. The molecule has 4 saturated carbocycles. The topological polar surface area (TPSA) is 118 Å². The van der Waals surface area contributed by atoms with E-state index < -0.39 is 35.1 Å². The van der Waals surface area contributed by atoms with E-state index in [0.29, 0.717) is 25.7 Å². The second-order valence-electron chi connectivity index (χ2n) is 15.0. The van der Waals surface area contributed by atoms with Gasteiger partial charge in [-0.15, -0.1) is 0 Å². The van der Waals surface area contributed by atoms with Crippen LogP contribution in [0.1, 0.15) is 92.9 Å². The molecule has 0 bridgehead atoms. The van der Waals surface area contributed by atoms with Gasteiger partial charge >= 0.3 is 5.97 Å². The van der Waals surface area contributed by atoms with E-state index in [-0.39, 0.29) is 46.0 Å². The number of rotatable bonds is 2. The van der Waals surface area contributed by atoms with Crippen LogP contribution >= 0.6 is 0 Å². The van der Waals surface area contributed by atoms with E-state index in [0.717, 1.165) is 31.3 Å². The molecule has 0 aromatic carbocycles. The number of aliphatic hydroxyl groups excluding tert-OH is 4. The normalized spacial score (nSPS) is 55.9. The molecule has 5 aliphatic rings. The fourth-order valence-corrected chi connectivity index (χ4v) is 10.8. The largest absolute Gasteiger partial charge is 0.481 e. The van der Waals surface area contributed by atoms with E-state index in [2.05, 4.69) is 40.7 Å². The van der Waals surface area contributed by atoms with E-state index in [1.165, 1.54) is 0 Å². The Bertz CT molecular complexity index is 974. The van der Waals surface area contributed by atoms with Crippen molar-refractivity contribution >= 4 is 5.97 Å². The monoisotopic (exact) mass is 504 g/mol. The molecule has 11 atom stereocenters. The molecule has 0 spiro atoms. The van der Waals surface area contributed by atoms with Crippen LogP contribution in [0.2, 0.25) is 0 Å². The molecule has 6 heteroatoms. The zero-order chi connectivity index (χ0) is 26.7. The van der Waals surface area contributed by atoms with Gasteiger partial charge in [0.05, 0.1) is 30.3 Å². The molecular formula is C30H48O6. The summed E-state index contributed by atoms with van der Waals surface area (Å²) in [5.74, 6) is -0.833. The molecule has 0 heterocycles. The number of aliphatic hydroxyl groups is 4. The minimum atomic E-state index is -0.944. The third kappa shape index (κ3) is 2.96. The Morgan fingerprint density at radius 2 is 1.56 bits per heavy atom. The first-order valence-electron chi connectivity index (χ1n) is 14.1. The summed E-state index contributed by atoms with van der Waals surface area (Å²) in [5.41, 5.74) is -1.50. The maximum absolute atomic E-state index is 12.8. The Morgan fingerprint density at radius 3 is 2.17 bits per heavy atom. The lowest BCUT2D eigenvalue weighted by atomic mass is 9.33. The first kappa shape index (κ1) is 26.6. The molecule has 6 nitrogen and oxygen atoms in total. The number of carbonyl (C=O) groups is 1. The van der Waals surface area contributed by atoms with Gasteiger partial charge < -0.3 is 25.5 Å². The quantitative estimate of drug-likeness (QED) is 0.361. The molecule has 0 aromatic heterocycles. The van der Waals surface area contributed by atoms with Crippen LogP contribution in [-0.4, -0.2) is 56.4 Å². The highest BCUT2D eigenvalue weighted by Crippen LogP contribution is 2.75. The maximum Gasteiger partial charge on any atom is 0.310 e. The summed E-state index contributed by atoms with van der Waals surface area (Å²) in [6.45, 7) is 12.9. The summed E-state index contributed by atoms with van der Waals surface area (Å²) in [6.07, 6.45) is 5.48. The van der Waals surface area contributed by atoms with Crippen LogP contribution in [0, 0.1) is 50.2 Å². The van der Waals surface area contributed by atoms with E-state index >= 15 is 0 Å². The average Bonchev–Trinajstić information content (AvgIpc) is 2.80. The zero-order valence-electron chi connectivity index (χ0n) is 23.0. The summed E-state index contributed by atoms with van der Waals surface area (Å²) >= 11 is 0. The van der Waals surface area contributed by atoms with E-state index in [1.807, 2.05) is 6.92 Å². The molecule has 4 fully saturated rings. The van der Waals surface area contributed by atoms with Gasteiger partial charge in [-0.25, -0.2) is 0 Å². The van der Waals surface area contributed by atoms with E-state index in [4.69, 9.17) is 0 Å². The molecule has 0 amide bonds. The van der Waals surface area contributed by atoms with Gasteiger partial charge in [-0.1, -0.05) is 53.2 Å². The molecular weight excluding hydrogens is 456 g/mol. The van der Waals surface area contributed by atoms with E-state index in [1.54, 1.807) is 0 Å². The standard InChI is InChI=1S/C30H48O6/c1-25(2)11-13-30(24(35)36)14-12-28(5)17(21(30)23(25)34)7-8-20-26(3)15-18(32)22(33)27(4,16-31)19(26)9-10-29(20,28)6/h7,18-23,31-34H,8-16H2,1-6H3,(H,35,36)/t18-,19-,20-,21-,22+,23-,26+,27+,28-,29-,30+/m1/s1. The Kier molecular flexibility index (Phi) is 5.77. The van der Waals surface area contributed by atoms with Crippen molar-refractivity contribution in [1.29, 1.82) is 0 Å². The first-order valence-corrected chi connectivity index (χ1v) is 14.1. The van der Waals surface area contributed by atoms with Gasteiger partial charge in [0.25, 0.3) is 0 Å². The third-order valence-electron chi connectivity index (χ3n) is 13.4. The Balaban J connectivity index is 1.63. The van der Waals surface area contributed by atoms with Crippen molar-refractivity contribution in [2.24, 2.45) is 50.2 Å². The second-order valence-corrected chi connectivity index (χ2v) is 15.0. The van der Waals surface area contributed by atoms with Crippen LogP contribution in [0.5, 0.6) is 0 Å². The molecule has 0 saturated heterocycles. The van der Waals surface area contributed by atoms with Crippen molar-refractivity contribution in [2.45, 2.75) is 111 Å². The zero-order valence-corrected chi connectivity index (χ0v) is 23.0. The van der Waals surface area contributed by atoms with Gasteiger partial charge in [0, 0.05) is 11.3 Å². The van der Waals surface area contributed by atoms with Crippen LogP contribution in [0.3, 0.4) is 0 Å². The van der Waals surface area contributed by atoms with Crippen molar-refractivity contribution in [3.8, 4) is 0 Å². The van der Waals surface area contributed by atoms with Gasteiger partial charge in [0.15, 0.2) is 0 Å². The molecule has 36 heavy (non-hydrogen) atoms. The summed E-state index contributed by atoms with van der Waals surface area (Å²) < 4.78 is 0. The van der Waals surface area contributed by atoms with Crippen LogP contribution in [0.25, 0.3) is 0 Å². The minimum Gasteiger partial charge on any atom is -0.481 e. The number of hydrogen-bond acceptors (Lipinski definition) is 5. The number of aliphatic carboxylic acids is 1. The maximum atomic E-state index is 12.8. The highest BCUT2D eigenvalue weighted by molar-refractivity contribution is 5.77. The third-order valence-corrected chi connectivity index (χ3v) is 13.4. The summed E-state index contributed by atoms with van der Waals surface area (Å²) in [5, 5.41) is 54.5. The van der Waals surface area contributed by atoms with Crippen molar-refractivity contribution in [3.05, 3.63) is 11.6 Å². The first-order chi connectivity index (χ1) is 16.5. The lowest BCUT2D eigenvalue weighted by Crippen LogP contribution is -2.69. The average molecular weight is 505 g/mol. The highest BCUT2D eigenvalue weighted by atomic mass is 16.4. The lowest BCUT2D eigenvalue weighted by Gasteiger charge is -2.71. The number of carboxylic acid groups (broad SMARTS) is 1. The van der Waals surface area contributed by atoms with Crippen LogP contribution in [0.15, 0.2) is 11.6 Å². The smallest absolute Gasteiger partial charge is 0.310 e. The summed E-state index contributed by atoms with van der Waals surface area (Å²) in [4.78, 5) is 12.8. The lowest BCUT2D eigenvalue weighted by molar-refractivity contribution is -0.245. The number of carboxylic acids is 1. The van der Waals surface area contributed by atoms with Crippen molar-refractivity contribution < 1.29 is 30.3 Å². The SMILES string of the molecule is CC1(C)CC[C@]2(C(=O)O)CC[C@]3(C)C(=CC[C@@H]4[C@@]5(C)C[C@@H](O)[C@H](O)[C@@](C)(CO)[C@@H]5CC[C@]43C)[C@@H]2[C@H]1O. The Hall–Kier alpha value is -0.950. The van der Waals surface area contributed by atoms with Crippen molar-refractivity contribution in [2.75, 3.05) is 6.61 Å². The van der Waals surface area contributed by atoms with Crippen molar-refractivity contribution in [3.63, 3.8) is 0 Å². The second kappa shape index (κ2) is 7.80. The van der Waals surface area contributed by atoms with Crippen molar-refractivity contribution in [1.82, 2.24) is 0 Å². The molecule has 5 aliphatic carbocycles. The Morgan fingerprint density at radius 1 is 0.917 bits per heavy atom. The number of allylic oxidation sites excluding steroid dienone is 1.